The number of rotatable bonds is 7. The molecule has 0 radical (unpaired) electrons. The lowest BCUT2D eigenvalue weighted by Crippen LogP contribution is -2.32. The zero-order valence-corrected chi connectivity index (χ0v) is 11.6. The molecule has 0 aromatic carbocycles. The maximum Gasteiger partial charge on any atom is 0.141 e. The van der Waals surface area contributed by atoms with Crippen LogP contribution >= 0.6 is 0 Å². The Hall–Kier alpha value is -1.58. The number of hydrogen-bond acceptors (Lipinski definition) is 3. The van der Waals surface area contributed by atoms with Gasteiger partial charge in [0.1, 0.15) is 11.5 Å². The summed E-state index contributed by atoms with van der Waals surface area (Å²) in [6.07, 6.45) is 5.38. The molecule has 0 spiro atoms. The van der Waals surface area contributed by atoms with Crippen molar-refractivity contribution in [2.45, 2.75) is 46.1 Å². The fraction of sp³-hybridized carbons (Fsp3) is 0.571. The highest BCUT2D eigenvalue weighted by Crippen LogP contribution is 2.18. The van der Waals surface area contributed by atoms with E-state index in [4.69, 9.17) is 11.1 Å². The first-order valence-electron chi connectivity index (χ1n) is 6.63. The highest BCUT2D eigenvalue weighted by atomic mass is 15.1. The summed E-state index contributed by atoms with van der Waals surface area (Å²) in [6.45, 7) is 7.60. The van der Waals surface area contributed by atoms with Gasteiger partial charge in [-0.1, -0.05) is 19.8 Å². The molecule has 4 heteroatoms. The molecule has 0 aliphatic rings. The summed E-state index contributed by atoms with van der Waals surface area (Å²) in [7, 11) is 0. The maximum absolute atomic E-state index is 7.45. The highest BCUT2D eigenvalue weighted by molar-refractivity contribution is 5.93. The molecule has 1 aromatic rings. The summed E-state index contributed by atoms with van der Waals surface area (Å²) in [5.41, 5.74) is 7.13. The molecule has 3 N–H and O–H groups in total. The summed E-state index contributed by atoms with van der Waals surface area (Å²) >= 11 is 0. The topological polar surface area (TPSA) is 66.0 Å². The number of hydrogen-bond donors (Lipinski definition) is 2. The molecule has 0 amide bonds. The van der Waals surface area contributed by atoms with Crippen LogP contribution in [-0.4, -0.2) is 23.4 Å². The van der Waals surface area contributed by atoms with Gasteiger partial charge in [-0.3, -0.25) is 10.4 Å². The van der Waals surface area contributed by atoms with E-state index < -0.39 is 0 Å². The van der Waals surface area contributed by atoms with Gasteiger partial charge in [0.15, 0.2) is 0 Å². The predicted molar refractivity (Wildman–Crippen MR) is 77.3 cm³/mol. The fourth-order valence-corrected chi connectivity index (χ4v) is 1.96. The van der Waals surface area contributed by atoms with Gasteiger partial charge in [-0.25, -0.2) is 0 Å². The molecule has 0 aliphatic heterocycles. The Morgan fingerprint density at radius 1 is 1.44 bits per heavy atom. The van der Waals surface area contributed by atoms with Gasteiger partial charge < -0.3 is 10.6 Å². The summed E-state index contributed by atoms with van der Waals surface area (Å²) < 4.78 is 0. The normalized spacial score (nSPS) is 10.7. The molecule has 0 unspecified atom stereocenters. The van der Waals surface area contributed by atoms with Crippen molar-refractivity contribution in [3.8, 4) is 0 Å². The number of nitrogens with two attached hydrogens (primary N) is 1. The second kappa shape index (κ2) is 6.99. The Bertz CT molecular complexity index is 387. The van der Waals surface area contributed by atoms with E-state index in [2.05, 4.69) is 30.7 Å². The van der Waals surface area contributed by atoms with Crippen molar-refractivity contribution in [1.29, 1.82) is 5.41 Å². The average molecular weight is 248 g/mol. The molecule has 1 heterocycles. The van der Waals surface area contributed by atoms with E-state index in [0.717, 1.165) is 12.2 Å². The van der Waals surface area contributed by atoms with Gasteiger partial charge in [-0.15, -0.1) is 0 Å². The third-order valence-electron chi connectivity index (χ3n) is 2.98. The zero-order valence-electron chi connectivity index (χ0n) is 11.6. The van der Waals surface area contributed by atoms with Gasteiger partial charge >= 0.3 is 0 Å². The summed E-state index contributed by atoms with van der Waals surface area (Å²) in [5.74, 6) is 0.0223. The number of nitrogen functional groups attached to an aromatic ring is 1. The van der Waals surface area contributed by atoms with Gasteiger partial charge in [0, 0.05) is 24.5 Å². The number of amidine groups is 1. The number of aromatic nitrogens is 1. The monoisotopic (exact) mass is 248 g/mol. The molecule has 0 aliphatic carbocycles. The molecule has 1 aromatic heterocycles. The predicted octanol–water partition coefficient (Wildman–Crippen LogP) is 2.77. The van der Waals surface area contributed by atoms with Crippen molar-refractivity contribution >= 4 is 11.5 Å². The van der Waals surface area contributed by atoms with Crippen LogP contribution < -0.4 is 10.6 Å². The number of unbranched alkanes of at least 4 members (excludes halogenated alkanes) is 2. The first-order chi connectivity index (χ1) is 8.56. The lowest BCUT2D eigenvalue weighted by Gasteiger charge is -2.29. The Balaban J connectivity index is 2.84. The highest BCUT2D eigenvalue weighted by Gasteiger charge is 2.11. The van der Waals surface area contributed by atoms with Gasteiger partial charge in [0.2, 0.25) is 0 Å². The SMILES string of the molecule is CCCCCN(c1ccnc(C(=N)N)c1)C(C)C. The minimum atomic E-state index is 0.0223. The molecule has 18 heavy (non-hydrogen) atoms. The Kier molecular flexibility index (Phi) is 5.62. The molecule has 0 atom stereocenters. The molecular formula is C14H24N4. The van der Waals surface area contributed by atoms with Crippen LogP contribution in [0.5, 0.6) is 0 Å². The number of nitrogens with zero attached hydrogens (tertiary/aromatic N) is 2. The number of nitrogens with one attached hydrogen (secondary N) is 1. The minimum Gasteiger partial charge on any atom is -0.382 e. The third kappa shape index (κ3) is 4.02. The van der Waals surface area contributed by atoms with Crippen LogP contribution in [-0.2, 0) is 0 Å². The van der Waals surface area contributed by atoms with Crippen LogP contribution in [0, 0.1) is 5.41 Å². The summed E-state index contributed by atoms with van der Waals surface area (Å²) in [5, 5.41) is 7.45. The van der Waals surface area contributed by atoms with Crippen molar-refractivity contribution in [3.63, 3.8) is 0 Å². The summed E-state index contributed by atoms with van der Waals surface area (Å²) in [4.78, 5) is 6.44. The molecule has 100 valence electrons. The van der Waals surface area contributed by atoms with E-state index in [1.807, 2.05) is 12.1 Å². The van der Waals surface area contributed by atoms with Crippen molar-refractivity contribution in [3.05, 3.63) is 24.0 Å². The molecule has 1 rings (SSSR count). The molecule has 0 saturated heterocycles. The van der Waals surface area contributed by atoms with E-state index in [9.17, 15) is 0 Å². The van der Waals surface area contributed by atoms with Crippen LogP contribution in [0.4, 0.5) is 5.69 Å². The van der Waals surface area contributed by atoms with Crippen LogP contribution in [0.25, 0.3) is 0 Å². The molecule has 4 nitrogen and oxygen atoms in total. The lowest BCUT2D eigenvalue weighted by molar-refractivity contribution is 0.625. The third-order valence-corrected chi connectivity index (χ3v) is 2.98. The quantitative estimate of drug-likeness (QED) is 0.443. The smallest absolute Gasteiger partial charge is 0.141 e. The molecule has 0 fully saturated rings. The lowest BCUT2D eigenvalue weighted by atomic mass is 10.2. The van der Waals surface area contributed by atoms with E-state index in [1.165, 1.54) is 19.3 Å². The Labute approximate surface area is 110 Å². The van der Waals surface area contributed by atoms with Crippen LogP contribution in [0.1, 0.15) is 45.7 Å². The number of pyridine rings is 1. The van der Waals surface area contributed by atoms with Crippen molar-refractivity contribution < 1.29 is 0 Å². The minimum absolute atomic E-state index is 0.0223. The standard InChI is InChI=1S/C14H24N4/c1-4-5-6-9-18(11(2)3)12-7-8-17-13(10-12)14(15)16/h7-8,10-11H,4-6,9H2,1-3H3,(H3,15,16). The molecule has 0 bridgehead atoms. The Morgan fingerprint density at radius 2 is 2.17 bits per heavy atom. The van der Waals surface area contributed by atoms with Crippen LogP contribution in [0.3, 0.4) is 0 Å². The first kappa shape index (κ1) is 14.5. The van der Waals surface area contributed by atoms with E-state index in [-0.39, 0.29) is 5.84 Å². The van der Waals surface area contributed by atoms with Crippen molar-refractivity contribution in [1.82, 2.24) is 4.98 Å². The molecule has 0 saturated carbocycles. The maximum atomic E-state index is 7.45. The van der Waals surface area contributed by atoms with Gasteiger partial charge in [0.25, 0.3) is 0 Å². The first-order valence-corrected chi connectivity index (χ1v) is 6.63. The van der Waals surface area contributed by atoms with Crippen molar-refractivity contribution in [2.75, 3.05) is 11.4 Å². The number of anilines is 1. The van der Waals surface area contributed by atoms with Gasteiger partial charge in [-0.05, 0) is 32.4 Å². The molecular weight excluding hydrogens is 224 g/mol. The van der Waals surface area contributed by atoms with E-state index in [1.54, 1.807) is 6.20 Å². The van der Waals surface area contributed by atoms with Crippen LogP contribution in [0.15, 0.2) is 18.3 Å². The Morgan fingerprint density at radius 3 is 2.72 bits per heavy atom. The van der Waals surface area contributed by atoms with E-state index >= 15 is 0 Å². The average Bonchev–Trinajstić information content (AvgIpc) is 2.34. The van der Waals surface area contributed by atoms with Gasteiger partial charge in [-0.2, -0.15) is 0 Å². The van der Waals surface area contributed by atoms with Crippen molar-refractivity contribution in [2.24, 2.45) is 5.73 Å². The van der Waals surface area contributed by atoms with E-state index in [0.29, 0.717) is 11.7 Å². The zero-order chi connectivity index (χ0) is 13.5. The second-order valence-corrected chi connectivity index (χ2v) is 4.81. The fourth-order valence-electron chi connectivity index (χ4n) is 1.96. The van der Waals surface area contributed by atoms with Crippen LogP contribution in [0.2, 0.25) is 0 Å². The van der Waals surface area contributed by atoms with Gasteiger partial charge in [0.05, 0.1) is 0 Å². The summed E-state index contributed by atoms with van der Waals surface area (Å²) in [6, 6.07) is 4.32. The second-order valence-electron chi connectivity index (χ2n) is 4.81. The largest absolute Gasteiger partial charge is 0.382 e.